The first-order chi connectivity index (χ1) is 18.1. The third-order valence-electron chi connectivity index (χ3n) is 8.66. The highest BCUT2D eigenvalue weighted by molar-refractivity contribution is 7.91. The van der Waals surface area contributed by atoms with Crippen LogP contribution < -0.4 is 0 Å². The van der Waals surface area contributed by atoms with Crippen molar-refractivity contribution in [3.63, 3.8) is 0 Å². The Bertz CT molecular complexity index is 902. The van der Waals surface area contributed by atoms with Crippen LogP contribution in [-0.4, -0.2) is 73.9 Å². The molecule has 0 aromatic carbocycles. The summed E-state index contributed by atoms with van der Waals surface area (Å²) in [6.45, 7) is 18.7. The monoisotopic (exact) mass is 642 g/mol. The van der Waals surface area contributed by atoms with Crippen LogP contribution in [0.3, 0.4) is 0 Å². The van der Waals surface area contributed by atoms with Crippen LogP contribution in [-0.2, 0) is 29.5 Å². The molecule has 0 aromatic rings. The van der Waals surface area contributed by atoms with Crippen molar-refractivity contribution in [3.05, 3.63) is 0 Å². The smallest absolute Gasteiger partial charge is 0.229 e. The van der Waals surface area contributed by atoms with Gasteiger partial charge in [0.05, 0.1) is 15.7 Å². The minimum absolute atomic E-state index is 0.00712. The van der Waals surface area contributed by atoms with E-state index in [1.807, 2.05) is 20.8 Å². The van der Waals surface area contributed by atoms with Gasteiger partial charge in [-0.2, -0.15) is 0 Å². The van der Waals surface area contributed by atoms with Gasteiger partial charge in [0.1, 0.15) is 0 Å². The molecule has 240 valence electrons. The average molecular weight is 643 g/mol. The van der Waals surface area contributed by atoms with Crippen molar-refractivity contribution in [2.45, 2.75) is 132 Å². The van der Waals surface area contributed by atoms with Crippen LogP contribution in [0.25, 0.3) is 0 Å². The van der Waals surface area contributed by atoms with Crippen LogP contribution in [0.2, 0.25) is 15.8 Å². The average Bonchev–Trinajstić information content (AvgIpc) is 2.70. The Kier molecular flexibility index (Phi) is 17.8. The van der Waals surface area contributed by atoms with Gasteiger partial charge in [0.15, 0.2) is 29.5 Å². The third-order valence-corrected chi connectivity index (χ3v) is 17.9. The molecule has 0 aliphatic rings. The molecule has 40 heavy (non-hydrogen) atoms. The molecule has 0 bridgehead atoms. The SMILES string of the molecule is CCC(C(CC(C)C)[CH2][Al]([CH2]C(CC(C)C)C(CC)S(C)(=O)=O)[CH2]C(CC(C)C)C(CC)S(C)(=O)=O)S(C)(=O)=O. The van der Waals surface area contributed by atoms with Gasteiger partial charge in [-0.1, -0.05) is 78.2 Å². The van der Waals surface area contributed by atoms with E-state index in [4.69, 9.17) is 0 Å². The first-order valence-corrected chi connectivity index (χ1v) is 24.0. The van der Waals surface area contributed by atoms with Crippen molar-refractivity contribution in [1.82, 2.24) is 0 Å². The maximum atomic E-state index is 12.9. The minimum Gasteiger partial charge on any atom is -0.229 e. The molecule has 0 radical (unpaired) electrons. The summed E-state index contributed by atoms with van der Waals surface area (Å²) < 4.78 is 77.6. The Morgan fingerprint density at radius 3 is 0.775 bits per heavy atom. The normalized spacial score (nSPS) is 18.1. The molecule has 0 saturated carbocycles. The van der Waals surface area contributed by atoms with Crippen molar-refractivity contribution in [2.75, 3.05) is 18.8 Å². The fourth-order valence-electron chi connectivity index (χ4n) is 7.55. The lowest BCUT2D eigenvalue weighted by molar-refractivity contribution is 0.382. The zero-order valence-corrected chi connectivity index (χ0v) is 31.4. The molecule has 6 nitrogen and oxygen atoms in total. The Morgan fingerprint density at radius 2 is 0.650 bits per heavy atom. The maximum Gasteiger partial charge on any atom is 0.262 e. The second-order valence-electron chi connectivity index (χ2n) is 14.1. The first kappa shape index (κ1) is 40.4. The summed E-state index contributed by atoms with van der Waals surface area (Å²) in [6.07, 6.45) is 8.16. The topological polar surface area (TPSA) is 102 Å². The fourth-order valence-corrected chi connectivity index (χ4v) is 17.4. The summed E-state index contributed by atoms with van der Waals surface area (Å²) in [6, 6.07) is 0. The molecule has 0 saturated heterocycles. The molecule has 6 atom stereocenters. The predicted molar refractivity (Wildman–Crippen MR) is 176 cm³/mol. The van der Waals surface area contributed by atoms with Crippen LogP contribution >= 0.6 is 0 Å². The number of hydrogen-bond acceptors (Lipinski definition) is 6. The van der Waals surface area contributed by atoms with Crippen LogP contribution in [0, 0.1) is 35.5 Å². The van der Waals surface area contributed by atoms with E-state index in [9.17, 15) is 25.3 Å². The van der Waals surface area contributed by atoms with Gasteiger partial charge in [-0.25, -0.2) is 25.3 Å². The van der Waals surface area contributed by atoms with E-state index in [2.05, 4.69) is 41.5 Å². The Morgan fingerprint density at radius 1 is 0.450 bits per heavy atom. The molecule has 10 heteroatoms. The van der Waals surface area contributed by atoms with E-state index in [1.54, 1.807) is 0 Å². The third kappa shape index (κ3) is 14.7. The summed E-state index contributed by atoms with van der Waals surface area (Å²) in [5.74, 6) is 1.04. The van der Waals surface area contributed by atoms with Gasteiger partial charge in [-0.05, 0) is 74.0 Å². The van der Waals surface area contributed by atoms with Gasteiger partial charge in [0, 0.05) is 18.8 Å². The highest BCUT2D eigenvalue weighted by Gasteiger charge is 2.40. The molecule has 0 aliphatic carbocycles. The zero-order chi connectivity index (χ0) is 31.6. The van der Waals surface area contributed by atoms with Gasteiger partial charge >= 0.3 is 0 Å². The standard InChI is InChI=1S/3C10H21O2S.Al/c3*1-6-10(13(5,11)12)9(4)7-8(2)3;/h3*8-10H,4,6-7H2,1-3,5H3;. The molecule has 6 unspecified atom stereocenters. The Balaban J connectivity index is 6.94. The van der Waals surface area contributed by atoms with Crippen LogP contribution in [0.5, 0.6) is 0 Å². The lowest BCUT2D eigenvalue weighted by Crippen LogP contribution is -2.39. The molecule has 0 fully saturated rings. The first-order valence-electron chi connectivity index (χ1n) is 15.6. The van der Waals surface area contributed by atoms with Gasteiger partial charge in [-0.3, -0.25) is 0 Å². The van der Waals surface area contributed by atoms with E-state index in [0.717, 1.165) is 35.1 Å². The predicted octanol–water partition coefficient (Wildman–Crippen LogP) is 6.94. The van der Waals surface area contributed by atoms with Gasteiger partial charge in [0.2, 0.25) is 0 Å². The van der Waals surface area contributed by atoms with Crippen molar-refractivity contribution >= 4 is 43.7 Å². The van der Waals surface area contributed by atoms with Crippen molar-refractivity contribution in [1.29, 1.82) is 0 Å². The second kappa shape index (κ2) is 17.6. The number of hydrogen-bond donors (Lipinski definition) is 0. The second-order valence-corrected chi connectivity index (χ2v) is 24.0. The highest BCUT2D eigenvalue weighted by Crippen LogP contribution is 2.38. The quantitative estimate of drug-likeness (QED) is 0.126. The molecule has 0 aliphatic heterocycles. The van der Waals surface area contributed by atoms with E-state index in [0.29, 0.717) is 37.0 Å². The molecule has 0 N–H and O–H groups in total. The summed E-state index contributed by atoms with van der Waals surface area (Å²) in [4.78, 5) is 0. The van der Waals surface area contributed by atoms with Gasteiger partial charge in [0.25, 0.3) is 14.1 Å². The van der Waals surface area contributed by atoms with Crippen LogP contribution in [0.1, 0.15) is 101 Å². The van der Waals surface area contributed by atoms with Gasteiger partial charge in [-0.15, -0.1) is 0 Å². The Labute approximate surface area is 254 Å². The van der Waals surface area contributed by atoms with Crippen molar-refractivity contribution < 1.29 is 25.3 Å². The van der Waals surface area contributed by atoms with Crippen LogP contribution in [0.15, 0.2) is 0 Å². The van der Waals surface area contributed by atoms with Crippen LogP contribution in [0.4, 0.5) is 0 Å². The lowest BCUT2D eigenvalue weighted by Gasteiger charge is -2.35. The lowest BCUT2D eigenvalue weighted by atomic mass is 9.93. The van der Waals surface area contributed by atoms with Crippen molar-refractivity contribution in [3.8, 4) is 0 Å². The zero-order valence-electron chi connectivity index (χ0n) is 27.8. The molecule has 0 aromatic heterocycles. The molecular weight excluding hydrogens is 580 g/mol. The molecule has 0 rings (SSSR count). The van der Waals surface area contributed by atoms with E-state index in [-0.39, 0.29) is 17.8 Å². The molecule has 0 spiro atoms. The van der Waals surface area contributed by atoms with Crippen molar-refractivity contribution in [2.24, 2.45) is 35.5 Å². The number of rotatable bonds is 21. The minimum atomic E-state index is -3.26. The molecular formula is C30H63AlO6S3. The van der Waals surface area contributed by atoms with E-state index in [1.165, 1.54) is 18.8 Å². The highest BCUT2D eigenvalue weighted by atomic mass is 32.2. The largest absolute Gasteiger partial charge is 0.262 e. The maximum absolute atomic E-state index is 12.9. The fraction of sp³-hybridized carbons (Fsp3) is 1.00. The number of sulfone groups is 3. The summed E-state index contributed by atoms with van der Waals surface area (Å²) in [5, 5.41) is 1.16. The summed E-state index contributed by atoms with van der Waals surface area (Å²) >= 11 is -1.80. The van der Waals surface area contributed by atoms with E-state index < -0.39 is 59.4 Å². The molecule has 0 heterocycles. The molecule has 0 amide bonds. The summed E-state index contributed by atoms with van der Waals surface area (Å²) in [5.41, 5.74) is 0. The Hall–Kier alpha value is 0.382. The van der Waals surface area contributed by atoms with Gasteiger partial charge < -0.3 is 0 Å². The summed E-state index contributed by atoms with van der Waals surface area (Å²) in [7, 11) is -9.78. The van der Waals surface area contributed by atoms with E-state index >= 15 is 0 Å².